The third-order valence-corrected chi connectivity index (χ3v) is 0.335. The summed E-state index contributed by atoms with van der Waals surface area (Å²) in [6.07, 6.45) is 2.30. The summed E-state index contributed by atoms with van der Waals surface area (Å²) in [7, 11) is 0. The van der Waals surface area contributed by atoms with E-state index in [1.807, 2.05) is 0 Å². The van der Waals surface area contributed by atoms with Gasteiger partial charge in [-0.05, 0) is 6.08 Å². The van der Waals surface area contributed by atoms with Crippen molar-refractivity contribution in [3.8, 4) is 6.19 Å². The molecule has 3 heteroatoms. The first kappa shape index (κ1) is 5.70. The van der Waals surface area contributed by atoms with E-state index in [1.54, 1.807) is 0 Å². The normalized spacial score (nSPS) is 6.14. The molecule has 0 bridgehead atoms. The van der Waals surface area contributed by atoms with Gasteiger partial charge in [0.05, 0.1) is 0 Å². The second-order valence-corrected chi connectivity index (χ2v) is 0.754. The van der Waals surface area contributed by atoms with E-state index in [0.717, 1.165) is 6.08 Å². The predicted molar refractivity (Wildman–Crippen MR) is 23.0 cm³/mol. The molecule has 7 heavy (non-hydrogen) atoms. The minimum atomic E-state index is -0.595. The van der Waals surface area contributed by atoms with Crippen LogP contribution in [0.15, 0.2) is 12.7 Å². The highest BCUT2D eigenvalue weighted by Gasteiger charge is 1.88. The molecule has 0 aromatic heterocycles. The van der Waals surface area contributed by atoms with Crippen molar-refractivity contribution in [3.63, 3.8) is 0 Å². The molecule has 1 radical (unpaired) electrons. The lowest BCUT2D eigenvalue weighted by Crippen LogP contribution is -2.03. The van der Waals surface area contributed by atoms with E-state index in [-0.39, 0.29) is 0 Å². The van der Waals surface area contributed by atoms with Crippen LogP contribution in [0.1, 0.15) is 0 Å². The third-order valence-electron chi connectivity index (χ3n) is 0.335. The Balaban J connectivity index is 3.42. The Kier molecular flexibility index (Phi) is 2.37. The standard InChI is InChI=1S/C4H3N2O/c1-2-4(7)6-3-5/h2H,1H2. The van der Waals surface area contributed by atoms with Crippen molar-refractivity contribution in [2.45, 2.75) is 0 Å². The van der Waals surface area contributed by atoms with E-state index >= 15 is 0 Å². The lowest BCUT2D eigenvalue weighted by molar-refractivity contribution is -0.115. The van der Waals surface area contributed by atoms with Gasteiger partial charge in [0, 0.05) is 0 Å². The summed E-state index contributed by atoms with van der Waals surface area (Å²) >= 11 is 0. The average Bonchev–Trinajstić information content (AvgIpc) is 1.68. The molecule has 0 aliphatic carbocycles. The van der Waals surface area contributed by atoms with E-state index < -0.39 is 5.91 Å². The van der Waals surface area contributed by atoms with Crippen molar-refractivity contribution < 1.29 is 4.79 Å². The smallest absolute Gasteiger partial charge is 0.267 e. The Bertz CT molecular complexity index is 122. The SMILES string of the molecule is C=CC(=O)[N]C#N. The summed E-state index contributed by atoms with van der Waals surface area (Å²) < 4.78 is 0. The van der Waals surface area contributed by atoms with Crippen LogP contribution in [-0.4, -0.2) is 5.91 Å². The van der Waals surface area contributed by atoms with Crippen LogP contribution in [0.4, 0.5) is 0 Å². The van der Waals surface area contributed by atoms with E-state index in [9.17, 15) is 4.79 Å². The Hall–Kier alpha value is -1.30. The maximum Gasteiger partial charge on any atom is 0.279 e. The van der Waals surface area contributed by atoms with Gasteiger partial charge in [-0.15, -0.1) is 5.32 Å². The molecule has 0 fully saturated rings. The van der Waals surface area contributed by atoms with Crippen molar-refractivity contribution in [2.24, 2.45) is 0 Å². The fourth-order valence-corrected chi connectivity index (χ4v) is 0.0949. The average molecular weight is 95.1 g/mol. The van der Waals surface area contributed by atoms with Crippen LogP contribution >= 0.6 is 0 Å². The van der Waals surface area contributed by atoms with Crippen molar-refractivity contribution in [3.05, 3.63) is 12.7 Å². The zero-order chi connectivity index (χ0) is 5.70. The summed E-state index contributed by atoms with van der Waals surface area (Å²) in [4.78, 5) is 9.90. The third kappa shape index (κ3) is 2.50. The summed E-state index contributed by atoms with van der Waals surface area (Å²) in [5, 5.41) is 10.5. The Morgan fingerprint density at radius 3 is 2.71 bits per heavy atom. The molecule has 0 saturated heterocycles. The molecule has 0 aromatic rings. The molecule has 0 heterocycles. The van der Waals surface area contributed by atoms with Crippen LogP contribution in [0.5, 0.6) is 0 Å². The molecule has 1 amide bonds. The highest BCUT2D eigenvalue weighted by Crippen LogP contribution is 1.62. The lowest BCUT2D eigenvalue weighted by Gasteiger charge is -1.73. The van der Waals surface area contributed by atoms with E-state index in [0.29, 0.717) is 0 Å². The van der Waals surface area contributed by atoms with Crippen LogP contribution in [-0.2, 0) is 4.79 Å². The Morgan fingerprint density at radius 1 is 2.00 bits per heavy atom. The van der Waals surface area contributed by atoms with Gasteiger partial charge in [-0.2, -0.15) is 5.26 Å². The summed E-state index contributed by atoms with van der Waals surface area (Å²) in [6.45, 7) is 3.08. The topological polar surface area (TPSA) is 55.0 Å². The molecule has 0 rings (SSSR count). The number of carbonyl (C=O) groups is 1. The molecular formula is C4H3N2O. The quantitative estimate of drug-likeness (QED) is 0.334. The first-order valence-corrected chi connectivity index (χ1v) is 1.57. The first-order chi connectivity index (χ1) is 3.31. The molecule has 0 spiro atoms. The number of nitriles is 1. The molecule has 35 valence electrons. The molecular weight excluding hydrogens is 92.1 g/mol. The van der Waals surface area contributed by atoms with Gasteiger partial charge in [-0.3, -0.25) is 4.79 Å². The van der Waals surface area contributed by atoms with Gasteiger partial charge in [-0.25, -0.2) is 0 Å². The number of hydrogen-bond donors (Lipinski definition) is 0. The van der Waals surface area contributed by atoms with Gasteiger partial charge in [0.15, 0.2) is 0 Å². The molecule has 0 aliphatic rings. The molecule has 0 atom stereocenters. The number of amides is 1. The summed E-state index contributed by atoms with van der Waals surface area (Å²) in [6, 6.07) is 0. The first-order valence-electron chi connectivity index (χ1n) is 1.57. The largest absolute Gasteiger partial charge is 0.279 e. The minimum Gasteiger partial charge on any atom is -0.267 e. The van der Waals surface area contributed by atoms with Crippen molar-refractivity contribution in [1.29, 1.82) is 5.26 Å². The summed E-state index contributed by atoms with van der Waals surface area (Å²) in [5.41, 5.74) is 0. The zero-order valence-electron chi connectivity index (χ0n) is 3.59. The minimum absolute atomic E-state index is 0.595. The molecule has 0 unspecified atom stereocenters. The highest BCUT2D eigenvalue weighted by molar-refractivity contribution is 5.87. The molecule has 0 aromatic carbocycles. The van der Waals surface area contributed by atoms with Crippen LogP contribution in [0, 0.1) is 11.5 Å². The maximum atomic E-state index is 9.90. The molecule has 0 N–H and O–H groups in total. The summed E-state index contributed by atoms with van der Waals surface area (Å²) in [5.74, 6) is -0.595. The van der Waals surface area contributed by atoms with Crippen LogP contribution in [0.25, 0.3) is 0 Å². The maximum absolute atomic E-state index is 9.90. The number of nitrogens with zero attached hydrogens (tertiary/aromatic N) is 2. The van der Waals surface area contributed by atoms with Gasteiger partial charge in [-0.1, -0.05) is 6.58 Å². The molecule has 0 saturated carbocycles. The van der Waals surface area contributed by atoms with Gasteiger partial charge in [0.1, 0.15) is 0 Å². The van der Waals surface area contributed by atoms with Gasteiger partial charge >= 0.3 is 0 Å². The predicted octanol–water partition coefficient (Wildman–Crippen LogP) is -0.216. The zero-order valence-corrected chi connectivity index (χ0v) is 3.59. The highest BCUT2D eigenvalue weighted by atomic mass is 16.1. The molecule has 0 aliphatic heterocycles. The number of rotatable bonds is 1. The monoisotopic (exact) mass is 95.0 g/mol. The fourth-order valence-electron chi connectivity index (χ4n) is 0.0949. The van der Waals surface area contributed by atoms with E-state index in [1.165, 1.54) is 6.19 Å². The van der Waals surface area contributed by atoms with Gasteiger partial charge in [0.25, 0.3) is 5.91 Å². The Morgan fingerprint density at radius 2 is 2.57 bits per heavy atom. The van der Waals surface area contributed by atoms with E-state index in [4.69, 9.17) is 5.26 Å². The van der Waals surface area contributed by atoms with Crippen LogP contribution in [0.3, 0.4) is 0 Å². The van der Waals surface area contributed by atoms with Crippen molar-refractivity contribution in [2.75, 3.05) is 0 Å². The van der Waals surface area contributed by atoms with E-state index in [2.05, 4.69) is 11.9 Å². The van der Waals surface area contributed by atoms with Gasteiger partial charge in [0.2, 0.25) is 6.19 Å². The second-order valence-electron chi connectivity index (χ2n) is 0.754. The number of carbonyl (C=O) groups excluding carboxylic acids is 1. The van der Waals surface area contributed by atoms with Crippen molar-refractivity contribution >= 4 is 5.91 Å². The van der Waals surface area contributed by atoms with Crippen molar-refractivity contribution in [1.82, 2.24) is 5.32 Å². The van der Waals surface area contributed by atoms with Gasteiger partial charge < -0.3 is 0 Å². The number of hydrogen-bond acceptors (Lipinski definition) is 2. The second kappa shape index (κ2) is 2.91. The Labute approximate surface area is 41.2 Å². The lowest BCUT2D eigenvalue weighted by atomic mass is 10.6. The molecule has 3 nitrogen and oxygen atoms in total. The van der Waals surface area contributed by atoms with Crippen LogP contribution < -0.4 is 5.32 Å². The fraction of sp³-hybridized carbons (Fsp3) is 0. The van der Waals surface area contributed by atoms with Crippen LogP contribution in [0.2, 0.25) is 0 Å².